The van der Waals surface area contributed by atoms with E-state index in [4.69, 9.17) is 13.9 Å². The van der Waals surface area contributed by atoms with E-state index in [0.717, 1.165) is 5.56 Å². The molecule has 0 amide bonds. The van der Waals surface area contributed by atoms with Crippen molar-refractivity contribution in [3.8, 4) is 6.07 Å². The molecule has 1 aromatic rings. The van der Waals surface area contributed by atoms with Crippen LogP contribution < -0.4 is 0 Å². The Morgan fingerprint density at radius 1 is 1.16 bits per heavy atom. The fourth-order valence-electron chi connectivity index (χ4n) is 2.15. The summed E-state index contributed by atoms with van der Waals surface area (Å²) in [7, 11) is -5.26. The summed E-state index contributed by atoms with van der Waals surface area (Å²) in [4.78, 5) is 12.8. The number of benzene rings is 1. The third-order valence-electron chi connectivity index (χ3n) is 5.31. The zero-order valence-corrected chi connectivity index (χ0v) is 22.0. The van der Waals surface area contributed by atoms with Crippen molar-refractivity contribution in [3.05, 3.63) is 29.8 Å². The molecule has 7 nitrogen and oxygen atoms in total. The van der Waals surface area contributed by atoms with Gasteiger partial charge in [0, 0.05) is 10.8 Å². The molecule has 1 aromatic carbocycles. The first-order valence-electron chi connectivity index (χ1n) is 9.97. The molecule has 0 aliphatic rings. The van der Waals surface area contributed by atoms with Gasteiger partial charge in [-0.3, -0.25) is 4.79 Å². The molecule has 0 heterocycles. The Hall–Kier alpha value is -1.38. The average Bonchev–Trinajstić information content (AvgIpc) is 2.67. The maximum Gasteiger partial charge on any atom is 0.331 e. The summed E-state index contributed by atoms with van der Waals surface area (Å²) in [6, 6.07) is 8.49. The molecule has 0 spiro atoms. The fraction of sp³-hybridized carbons (Fsp3) is 0.619. The summed E-state index contributed by atoms with van der Waals surface area (Å²) in [6.07, 6.45) is 0. The van der Waals surface area contributed by atoms with Crippen molar-refractivity contribution >= 4 is 33.9 Å². The molecule has 0 saturated carbocycles. The topological polar surface area (TPSA) is 103 Å². The smallest absolute Gasteiger partial charge is 0.331 e. The van der Waals surface area contributed by atoms with E-state index < -0.39 is 28.6 Å². The highest BCUT2D eigenvalue weighted by molar-refractivity contribution is 8.72. The van der Waals surface area contributed by atoms with Crippen LogP contribution in [0.5, 0.6) is 0 Å². The SMILES string of the molecule is CCOC(=O)C(C#N)(COCSS(=O)(=O)c1ccc(C)cc1)CO[Si](C)(C)C(C)(C)C. The van der Waals surface area contributed by atoms with Gasteiger partial charge in [0.1, 0.15) is 5.94 Å². The monoisotopic (exact) mass is 487 g/mol. The van der Waals surface area contributed by atoms with Gasteiger partial charge in [-0.15, -0.1) is 0 Å². The predicted octanol–water partition coefficient (Wildman–Crippen LogP) is 4.49. The predicted molar refractivity (Wildman–Crippen MR) is 125 cm³/mol. The normalized spacial score (nSPS) is 14.5. The minimum Gasteiger partial charge on any atom is -0.465 e. The molecule has 31 heavy (non-hydrogen) atoms. The Balaban J connectivity index is 2.88. The van der Waals surface area contributed by atoms with Crippen LogP contribution in [0.1, 0.15) is 33.3 Å². The van der Waals surface area contributed by atoms with Crippen LogP contribution >= 0.6 is 10.8 Å². The van der Waals surface area contributed by atoms with Crippen molar-refractivity contribution in [1.29, 1.82) is 5.26 Å². The second-order valence-electron chi connectivity index (χ2n) is 8.81. The van der Waals surface area contributed by atoms with E-state index in [1.165, 1.54) is 12.1 Å². The number of nitrogens with zero attached hydrogens (tertiary/aromatic N) is 1. The van der Waals surface area contributed by atoms with Crippen molar-refractivity contribution in [2.75, 3.05) is 25.8 Å². The van der Waals surface area contributed by atoms with Crippen molar-refractivity contribution < 1.29 is 27.1 Å². The first-order valence-corrected chi connectivity index (χ1v) is 15.9. The summed E-state index contributed by atoms with van der Waals surface area (Å²) in [5, 5.41) is 9.71. The lowest BCUT2D eigenvalue weighted by Crippen LogP contribution is -2.48. The number of esters is 1. The number of carbonyl (C=O) groups is 1. The Bertz CT molecular complexity index is 888. The molecule has 0 N–H and O–H groups in total. The lowest BCUT2D eigenvalue weighted by atomic mass is 9.92. The third-order valence-corrected chi connectivity index (χ3v) is 13.0. The maximum absolute atomic E-state index is 12.6. The third kappa shape index (κ3) is 7.61. The molecule has 0 radical (unpaired) electrons. The molecule has 1 unspecified atom stereocenters. The number of rotatable bonds is 11. The molecule has 0 aliphatic carbocycles. The molecular weight excluding hydrogens is 454 g/mol. The second-order valence-corrected chi connectivity index (χ2v) is 17.5. The maximum atomic E-state index is 12.6. The van der Waals surface area contributed by atoms with Crippen LogP contribution in [0.25, 0.3) is 0 Å². The van der Waals surface area contributed by atoms with E-state index in [1.807, 2.05) is 26.1 Å². The Morgan fingerprint density at radius 2 is 1.74 bits per heavy atom. The fourth-order valence-corrected chi connectivity index (χ4v) is 5.39. The number of carbonyl (C=O) groups excluding carboxylic acids is 1. The quantitative estimate of drug-likeness (QED) is 0.148. The largest absolute Gasteiger partial charge is 0.465 e. The summed E-state index contributed by atoms with van der Waals surface area (Å²) in [6.45, 7) is 13.3. The molecule has 0 aromatic heterocycles. The van der Waals surface area contributed by atoms with Gasteiger partial charge >= 0.3 is 5.97 Å². The lowest BCUT2D eigenvalue weighted by Gasteiger charge is -2.38. The van der Waals surface area contributed by atoms with Gasteiger partial charge in [-0.2, -0.15) is 5.26 Å². The number of aryl methyl sites for hydroxylation is 1. The molecule has 174 valence electrons. The number of hydrogen-bond acceptors (Lipinski definition) is 8. The van der Waals surface area contributed by atoms with Gasteiger partial charge < -0.3 is 13.9 Å². The van der Waals surface area contributed by atoms with Crippen LogP contribution in [0, 0.1) is 23.7 Å². The Labute approximate surface area is 190 Å². The first kappa shape index (κ1) is 27.7. The molecule has 10 heteroatoms. The Morgan fingerprint density at radius 3 is 2.23 bits per heavy atom. The molecular formula is C21H33NO6S2Si. The molecule has 0 bridgehead atoms. The van der Waals surface area contributed by atoms with E-state index in [1.54, 1.807) is 19.1 Å². The van der Waals surface area contributed by atoms with Crippen molar-refractivity contribution in [3.63, 3.8) is 0 Å². The van der Waals surface area contributed by atoms with Crippen LogP contribution in [0.15, 0.2) is 29.2 Å². The van der Waals surface area contributed by atoms with E-state index in [-0.39, 0.29) is 35.7 Å². The lowest BCUT2D eigenvalue weighted by molar-refractivity contribution is -0.156. The minimum absolute atomic E-state index is 0.109. The van der Waals surface area contributed by atoms with Gasteiger partial charge in [0.05, 0.1) is 30.8 Å². The van der Waals surface area contributed by atoms with E-state index in [0.29, 0.717) is 10.8 Å². The average molecular weight is 488 g/mol. The van der Waals surface area contributed by atoms with E-state index in [9.17, 15) is 18.5 Å². The van der Waals surface area contributed by atoms with E-state index >= 15 is 0 Å². The van der Waals surface area contributed by atoms with Gasteiger partial charge in [-0.1, -0.05) is 38.5 Å². The number of hydrogen-bond donors (Lipinski definition) is 0. The van der Waals surface area contributed by atoms with Crippen LogP contribution in [-0.2, 0) is 27.6 Å². The molecule has 1 atom stereocenters. The summed E-state index contributed by atoms with van der Waals surface area (Å²) in [5.74, 6) is -0.971. The molecule has 1 rings (SSSR count). The molecule has 0 aliphatic heterocycles. The highest BCUT2D eigenvalue weighted by Crippen LogP contribution is 2.38. The highest BCUT2D eigenvalue weighted by atomic mass is 33.1. The van der Waals surface area contributed by atoms with Crippen molar-refractivity contribution in [2.45, 2.75) is 57.6 Å². The van der Waals surface area contributed by atoms with E-state index in [2.05, 4.69) is 20.8 Å². The number of ether oxygens (including phenoxy) is 2. The summed E-state index contributed by atoms with van der Waals surface area (Å²) < 4.78 is 41.6. The zero-order chi connectivity index (χ0) is 23.9. The van der Waals surface area contributed by atoms with Crippen molar-refractivity contribution in [1.82, 2.24) is 0 Å². The second kappa shape index (κ2) is 11.0. The minimum atomic E-state index is -3.62. The first-order chi connectivity index (χ1) is 14.2. The summed E-state index contributed by atoms with van der Waals surface area (Å²) >= 11 is 0. The zero-order valence-electron chi connectivity index (χ0n) is 19.4. The van der Waals surface area contributed by atoms with Crippen LogP contribution in [0.2, 0.25) is 18.1 Å². The molecule has 0 fully saturated rings. The van der Waals surface area contributed by atoms with Gasteiger partial charge in [0.15, 0.2) is 13.7 Å². The Kier molecular flexibility index (Phi) is 9.78. The van der Waals surface area contributed by atoms with Crippen LogP contribution in [-0.4, -0.2) is 48.5 Å². The van der Waals surface area contributed by atoms with Gasteiger partial charge in [0.2, 0.25) is 8.87 Å². The van der Waals surface area contributed by atoms with Crippen LogP contribution in [0.4, 0.5) is 0 Å². The van der Waals surface area contributed by atoms with Crippen molar-refractivity contribution in [2.24, 2.45) is 5.41 Å². The summed E-state index contributed by atoms with van der Waals surface area (Å²) in [5.41, 5.74) is -0.713. The number of nitriles is 1. The highest BCUT2D eigenvalue weighted by Gasteiger charge is 2.46. The van der Waals surface area contributed by atoms with Gasteiger partial charge in [0.25, 0.3) is 0 Å². The van der Waals surface area contributed by atoms with Crippen LogP contribution in [0.3, 0.4) is 0 Å². The molecule has 0 saturated heterocycles. The van der Waals surface area contributed by atoms with Gasteiger partial charge in [-0.25, -0.2) is 8.42 Å². The standard InChI is InChI=1S/C21H33NO6S2Si/c1-8-27-19(23)21(13-22,15-28-31(6,7)20(3,4)5)14-26-16-29-30(24,25)18-11-9-17(2)10-12-18/h9-12H,8,14-16H2,1-7H3. The van der Waals surface area contributed by atoms with Gasteiger partial charge in [-0.05, 0) is 44.1 Å².